The summed E-state index contributed by atoms with van der Waals surface area (Å²) in [5.74, 6) is 2.47. The van der Waals surface area contributed by atoms with E-state index in [-0.39, 0.29) is 0 Å². The van der Waals surface area contributed by atoms with Crippen molar-refractivity contribution in [2.45, 2.75) is 33.6 Å². The molecule has 0 spiro atoms. The maximum atomic E-state index is 5.39. The Morgan fingerprint density at radius 3 is 2.73 bits per heavy atom. The van der Waals surface area contributed by atoms with Crippen LogP contribution in [0.15, 0.2) is 22.8 Å². The fraction of sp³-hybridized carbons (Fsp3) is 0.692. The van der Waals surface area contributed by atoms with E-state index in [9.17, 15) is 0 Å². The summed E-state index contributed by atoms with van der Waals surface area (Å²) in [6.07, 6.45) is 4.00. The van der Waals surface area contributed by atoms with Gasteiger partial charge in [-0.25, -0.2) is 0 Å². The molecule has 0 radical (unpaired) electrons. The highest BCUT2D eigenvalue weighted by Crippen LogP contribution is 2.16. The lowest BCUT2D eigenvalue weighted by Crippen LogP contribution is -2.28. The van der Waals surface area contributed by atoms with Gasteiger partial charge in [-0.1, -0.05) is 20.8 Å². The van der Waals surface area contributed by atoms with Crippen LogP contribution in [0.2, 0.25) is 0 Å². The number of nitrogens with one attached hydrogen (secondary N) is 1. The Kier molecular flexibility index (Phi) is 5.48. The topological polar surface area (TPSA) is 25.2 Å². The molecule has 0 aliphatic rings. The van der Waals surface area contributed by atoms with Crippen LogP contribution < -0.4 is 5.32 Å². The molecule has 2 nitrogen and oxygen atoms in total. The molecule has 0 bridgehead atoms. The Morgan fingerprint density at radius 1 is 1.40 bits per heavy atom. The third-order valence-corrected chi connectivity index (χ3v) is 2.82. The maximum Gasteiger partial charge on any atom is 0.104 e. The molecule has 1 rings (SSSR count). The first kappa shape index (κ1) is 12.3. The molecule has 1 aromatic rings. The summed E-state index contributed by atoms with van der Waals surface area (Å²) in [6, 6.07) is 4.03. The second-order valence-electron chi connectivity index (χ2n) is 4.49. The highest BCUT2D eigenvalue weighted by atomic mass is 16.3. The lowest BCUT2D eigenvalue weighted by molar-refractivity contribution is 0.335. The molecule has 1 unspecified atom stereocenters. The van der Waals surface area contributed by atoms with Crippen LogP contribution in [0.5, 0.6) is 0 Å². The highest BCUT2D eigenvalue weighted by molar-refractivity contribution is 4.99. The average Bonchev–Trinajstić information content (AvgIpc) is 2.69. The summed E-state index contributed by atoms with van der Waals surface area (Å²) < 4.78 is 5.39. The van der Waals surface area contributed by atoms with Gasteiger partial charge in [0.25, 0.3) is 0 Å². The van der Waals surface area contributed by atoms with Crippen molar-refractivity contribution < 1.29 is 4.42 Å². The minimum Gasteiger partial charge on any atom is -0.469 e. The normalized spacial score (nSPS) is 13.3. The zero-order chi connectivity index (χ0) is 11.1. The van der Waals surface area contributed by atoms with Crippen molar-refractivity contribution in [3.8, 4) is 0 Å². The number of rotatable bonds is 7. The fourth-order valence-corrected chi connectivity index (χ4v) is 1.69. The minimum absolute atomic E-state index is 0.669. The zero-order valence-corrected chi connectivity index (χ0v) is 10.1. The Hall–Kier alpha value is -0.760. The summed E-state index contributed by atoms with van der Waals surface area (Å²) in [5.41, 5.74) is 0. The Balaban J connectivity index is 2.37. The van der Waals surface area contributed by atoms with E-state index in [2.05, 4.69) is 32.2 Å². The van der Waals surface area contributed by atoms with E-state index in [4.69, 9.17) is 4.42 Å². The van der Waals surface area contributed by atoms with E-state index in [1.54, 1.807) is 6.26 Å². The molecule has 0 fully saturated rings. The third kappa shape index (κ3) is 4.52. The van der Waals surface area contributed by atoms with Gasteiger partial charge in [0.2, 0.25) is 0 Å². The Morgan fingerprint density at radius 2 is 2.20 bits per heavy atom. The van der Waals surface area contributed by atoms with Gasteiger partial charge in [0.15, 0.2) is 0 Å². The number of hydrogen-bond acceptors (Lipinski definition) is 2. The molecule has 15 heavy (non-hydrogen) atoms. The largest absolute Gasteiger partial charge is 0.469 e. The van der Waals surface area contributed by atoms with Crippen LogP contribution in [0.25, 0.3) is 0 Å². The number of hydrogen-bond donors (Lipinski definition) is 1. The molecule has 0 saturated heterocycles. The van der Waals surface area contributed by atoms with E-state index in [1.807, 2.05) is 6.07 Å². The highest BCUT2D eigenvalue weighted by Gasteiger charge is 2.14. The van der Waals surface area contributed by atoms with E-state index in [1.165, 1.54) is 6.42 Å². The molecule has 1 atom stereocenters. The van der Waals surface area contributed by atoms with E-state index < -0.39 is 0 Å². The van der Waals surface area contributed by atoms with Crippen LogP contribution in [-0.2, 0) is 6.42 Å². The molecule has 86 valence electrons. The smallest absolute Gasteiger partial charge is 0.104 e. The summed E-state index contributed by atoms with van der Waals surface area (Å²) in [6.45, 7) is 8.96. The van der Waals surface area contributed by atoms with Crippen LogP contribution in [0, 0.1) is 11.8 Å². The van der Waals surface area contributed by atoms with E-state index >= 15 is 0 Å². The quantitative estimate of drug-likeness (QED) is 0.698. The Labute approximate surface area is 93.1 Å². The summed E-state index contributed by atoms with van der Waals surface area (Å²) >= 11 is 0. The molecule has 0 saturated carbocycles. The first-order valence-corrected chi connectivity index (χ1v) is 5.97. The standard InChI is InChI=1S/C13H23NO/c1-4-7-14-10-12(11(2)3)9-13-6-5-8-15-13/h5-6,8,11-12,14H,4,7,9-10H2,1-3H3. The predicted octanol–water partition coefficient (Wildman–Crippen LogP) is 3.09. The lowest BCUT2D eigenvalue weighted by Gasteiger charge is -2.20. The molecule has 1 heterocycles. The first-order chi connectivity index (χ1) is 7.24. The van der Waals surface area contributed by atoms with Crippen molar-refractivity contribution in [3.05, 3.63) is 24.2 Å². The van der Waals surface area contributed by atoms with Gasteiger partial charge in [0.1, 0.15) is 5.76 Å². The molecular formula is C13H23NO. The maximum absolute atomic E-state index is 5.39. The second-order valence-corrected chi connectivity index (χ2v) is 4.49. The lowest BCUT2D eigenvalue weighted by atomic mass is 9.91. The van der Waals surface area contributed by atoms with Gasteiger partial charge in [-0.3, -0.25) is 0 Å². The van der Waals surface area contributed by atoms with Gasteiger partial charge in [0, 0.05) is 6.42 Å². The van der Waals surface area contributed by atoms with Crippen molar-refractivity contribution in [3.63, 3.8) is 0 Å². The van der Waals surface area contributed by atoms with Crippen LogP contribution >= 0.6 is 0 Å². The third-order valence-electron chi connectivity index (χ3n) is 2.82. The molecule has 0 amide bonds. The fourth-order valence-electron chi connectivity index (χ4n) is 1.69. The van der Waals surface area contributed by atoms with Crippen molar-refractivity contribution in [2.24, 2.45) is 11.8 Å². The molecule has 2 heteroatoms. The van der Waals surface area contributed by atoms with Gasteiger partial charge in [0.05, 0.1) is 6.26 Å². The van der Waals surface area contributed by atoms with Gasteiger partial charge in [-0.15, -0.1) is 0 Å². The van der Waals surface area contributed by atoms with E-state index in [0.29, 0.717) is 11.8 Å². The predicted molar refractivity (Wildman–Crippen MR) is 63.9 cm³/mol. The van der Waals surface area contributed by atoms with Crippen LogP contribution in [0.3, 0.4) is 0 Å². The second kappa shape index (κ2) is 6.67. The van der Waals surface area contributed by atoms with Crippen LogP contribution in [0.1, 0.15) is 33.0 Å². The van der Waals surface area contributed by atoms with Gasteiger partial charge in [-0.2, -0.15) is 0 Å². The molecule has 1 aromatic heterocycles. The monoisotopic (exact) mass is 209 g/mol. The molecule has 0 aromatic carbocycles. The Bertz CT molecular complexity index is 241. The van der Waals surface area contributed by atoms with Crippen molar-refractivity contribution >= 4 is 0 Å². The average molecular weight is 209 g/mol. The number of furan rings is 1. The summed E-state index contributed by atoms with van der Waals surface area (Å²) in [7, 11) is 0. The van der Waals surface area contributed by atoms with Crippen molar-refractivity contribution in [2.75, 3.05) is 13.1 Å². The van der Waals surface area contributed by atoms with Crippen LogP contribution in [-0.4, -0.2) is 13.1 Å². The molecule has 1 N–H and O–H groups in total. The zero-order valence-electron chi connectivity index (χ0n) is 10.1. The van der Waals surface area contributed by atoms with Gasteiger partial charge >= 0.3 is 0 Å². The first-order valence-electron chi connectivity index (χ1n) is 5.97. The van der Waals surface area contributed by atoms with Crippen molar-refractivity contribution in [1.29, 1.82) is 0 Å². The van der Waals surface area contributed by atoms with Gasteiger partial charge in [-0.05, 0) is 43.5 Å². The van der Waals surface area contributed by atoms with Gasteiger partial charge < -0.3 is 9.73 Å². The summed E-state index contributed by atoms with van der Waals surface area (Å²) in [5, 5.41) is 3.49. The SMILES string of the molecule is CCCNCC(Cc1ccco1)C(C)C. The van der Waals surface area contributed by atoms with Crippen LogP contribution in [0.4, 0.5) is 0 Å². The molecule has 0 aliphatic carbocycles. The van der Waals surface area contributed by atoms with Crippen molar-refractivity contribution in [1.82, 2.24) is 5.32 Å². The summed E-state index contributed by atoms with van der Waals surface area (Å²) in [4.78, 5) is 0. The molecular weight excluding hydrogens is 186 g/mol. The minimum atomic E-state index is 0.669. The van der Waals surface area contributed by atoms with E-state index in [0.717, 1.165) is 25.3 Å². The molecule has 0 aliphatic heterocycles.